The molecule has 5 nitrogen and oxygen atoms in total. The van der Waals surface area contributed by atoms with E-state index in [1.807, 2.05) is 24.3 Å². The van der Waals surface area contributed by atoms with Crippen LogP contribution in [-0.4, -0.2) is 39.3 Å². The number of carbonyl (C=O) groups excluding carboxylic acids is 2. The number of carbonyl (C=O) groups is 2. The van der Waals surface area contributed by atoms with Gasteiger partial charge in [0.25, 0.3) is 11.8 Å². The summed E-state index contributed by atoms with van der Waals surface area (Å²) in [6, 6.07) is 10.3. The van der Waals surface area contributed by atoms with E-state index in [1.165, 1.54) is 24.2 Å². The van der Waals surface area contributed by atoms with Crippen LogP contribution in [0, 0.1) is 23.2 Å². The lowest BCUT2D eigenvalue weighted by molar-refractivity contribution is -0.170. The van der Waals surface area contributed by atoms with E-state index < -0.39 is 12.3 Å². The fourth-order valence-corrected chi connectivity index (χ4v) is 7.46. The SMILES string of the molecule is O=C1c2cc3ccccc3cc2C(=O)N1C(C(O)O)C12CC3CC(CC(C3)C1)C2. The van der Waals surface area contributed by atoms with Crippen molar-refractivity contribution in [3.05, 3.63) is 47.5 Å². The zero-order valence-corrected chi connectivity index (χ0v) is 16.3. The lowest BCUT2D eigenvalue weighted by Gasteiger charge is -2.60. The second-order valence-electron chi connectivity index (χ2n) is 9.86. The van der Waals surface area contributed by atoms with Crippen LogP contribution in [0.5, 0.6) is 0 Å². The fraction of sp³-hybridized carbons (Fsp3) is 0.500. The molecule has 4 saturated carbocycles. The first-order valence-electron chi connectivity index (χ1n) is 10.7. The smallest absolute Gasteiger partial charge is 0.262 e. The molecule has 2 aromatic rings. The summed E-state index contributed by atoms with van der Waals surface area (Å²) in [5, 5.41) is 22.7. The number of imide groups is 1. The predicted octanol–water partition coefficient (Wildman–Crippen LogP) is 3.33. The zero-order valence-electron chi connectivity index (χ0n) is 16.3. The molecule has 0 saturated heterocycles. The van der Waals surface area contributed by atoms with E-state index >= 15 is 0 Å². The highest BCUT2D eigenvalue weighted by atomic mass is 16.5. The minimum atomic E-state index is -1.72. The van der Waals surface area contributed by atoms with Gasteiger partial charge in [0, 0.05) is 0 Å². The van der Waals surface area contributed by atoms with Gasteiger partial charge in [0.2, 0.25) is 0 Å². The molecular formula is C24H25NO4. The maximum atomic E-state index is 13.4. The summed E-state index contributed by atoms with van der Waals surface area (Å²) in [6.07, 6.45) is 4.57. The Hall–Kier alpha value is -2.24. The lowest BCUT2D eigenvalue weighted by atomic mass is 9.47. The summed E-state index contributed by atoms with van der Waals surface area (Å²) >= 11 is 0. The van der Waals surface area contributed by atoms with Crippen LogP contribution in [0.15, 0.2) is 36.4 Å². The Balaban J connectivity index is 1.45. The highest BCUT2D eigenvalue weighted by molar-refractivity contribution is 6.23. The third-order valence-corrected chi connectivity index (χ3v) is 8.06. The van der Waals surface area contributed by atoms with Crippen LogP contribution >= 0.6 is 0 Å². The Kier molecular flexibility index (Phi) is 3.58. The van der Waals surface area contributed by atoms with Gasteiger partial charge in [0.1, 0.15) is 0 Å². The van der Waals surface area contributed by atoms with Gasteiger partial charge in [-0.2, -0.15) is 0 Å². The maximum absolute atomic E-state index is 13.4. The van der Waals surface area contributed by atoms with Crippen molar-refractivity contribution in [2.45, 2.75) is 50.9 Å². The summed E-state index contributed by atoms with van der Waals surface area (Å²) in [6.45, 7) is 0. The normalized spacial score (nSPS) is 33.8. The molecule has 4 fully saturated rings. The first kappa shape index (κ1) is 17.6. The summed E-state index contributed by atoms with van der Waals surface area (Å²) in [4.78, 5) is 27.9. The van der Waals surface area contributed by atoms with E-state index in [1.54, 1.807) is 12.1 Å². The van der Waals surface area contributed by atoms with E-state index in [0.29, 0.717) is 28.9 Å². The van der Waals surface area contributed by atoms with Gasteiger partial charge in [-0.05, 0) is 84.6 Å². The first-order chi connectivity index (χ1) is 13.9. The van der Waals surface area contributed by atoms with Gasteiger partial charge < -0.3 is 10.2 Å². The third kappa shape index (κ3) is 2.41. The Morgan fingerprint density at radius 1 is 0.828 bits per heavy atom. The van der Waals surface area contributed by atoms with Crippen LogP contribution in [0.25, 0.3) is 10.8 Å². The van der Waals surface area contributed by atoms with E-state index in [0.717, 1.165) is 30.0 Å². The Morgan fingerprint density at radius 3 is 1.69 bits per heavy atom. The van der Waals surface area contributed by atoms with E-state index in [4.69, 9.17) is 0 Å². The fourth-order valence-electron chi connectivity index (χ4n) is 7.46. The summed E-state index contributed by atoms with van der Waals surface area (Å²) in [5.74, 6) is 0.981. The van der Waals surface area contributed by atoms with Crippen molar-refractivity contribution in [2.75, 3.05) is 0 Å². The number of hydrogen-bond acceptors (Lipinski definition) is 4. The Labute approximate surface area is 169 Å². The number of hydrogen-bond donors (Lipinski definition) is 2. The number of amides is 2. The van der Waals surface area contributed by atoms with Crippen LogP contribution in [0.1, 0.15) is 59.2 Å². The van der Waals surface area contributed by atoms with Crippen LogP contribution in [0.3, 0.4) is 0 Å². The van der Waals surface area contributed by atoms with E-state index in [9.17, 15) is 19.8 Å². The monoisotopic (exact) mass is 391 g/mol. The zero-order chi connectivity index (χ0) is 19.9. The average molecular weight is 391 g/mol. The standard InChI is InChI=1S/C24H25NO4/c26-21-18-8-16-3-1-2-4-17(16)9-19(18)22(27)25(21)20(23(28)29)24-10-13-5-14(11-24)7-15(6-13)12-24/h1-4,8-9,13-15,20,23,28-29H,5-7,10-12H2. The van der Waals surface area contributed by atoms with Crippen molar-refractivity contribution in [1.29, 1.82) is 0 Å². The molecule has 4 bridgehead atoms. The molecule has 1 heterocycles. The summed E-state index contributed by atoms with van der Waals surface area (Å²) in [5.41, 5.74) is 0.392. The molecule has 2 N–H and O–H groups in total. The molecule has 2 aromatic carbocycles. The number of nitrogens with zero attached hydrogens (tertiary/aromatic N) is 1. The first-order valence-corrected chi connectivity index (χ1v) is 10.7. The van der Waals surface area contributed by atoms with Crippen molar-refractivity contribution < 1.29 is 19.8 Å². The van der Waals surface area contributed by atoms with Gasteiger partial charge in [0.05, 0.1) is 17.2 Å². The molecule has 150 valence electrons. The number of rotatable bonds is 3. The van der Waals surface area contributed by atoms with Gasteiger partial charge in [-0.3, -0.25) is 14.5 Å². The van der Waals surface area contributed by atoms with Crippen LogP contribution in [0.4, 0.5) is 0 Å². The number of aliphatic hydroxyl groups is 2. The number of aliphatic hydroxyl groups excluding tert-OH is 1. The number of benzene rings is 2. The molecule has 7 rings (SSSR count). The van der Waals surface area contributed by atoms with Crippen LogP contribution in [-0.2, 0) is 0 Å². The minimum absolute atomic E-state index is 0.365. The second-order valence-corrected chi connectivity index (χ2v) is 9.86. The molecule has 2 amide bonds. The third-order valence-electron chi connectivity index (χ3n) is 8.06. The van der Waals surface area contributed by atoms with Gasteiger partial charge >= 0.3 is 0 Å². The topological polar surface area (TPSA) is 77.8 Å². The minimum Gasteiger partial charge on any atom is -0.366 e. The second kappa shape index (κ2) is 5.89. The molecule has 0 spiro atoms. The molecule has 5 heteroatoms. The van der Waals surface area contributed by atoms with Crippen molar-refractivity contribution in [3.63, 3.8) is 0 Å². The van der Waals surface area contributed by atoms with Crippen molar-refractivity contribution in [1.82, 2.24) is 4.90 Å². The van der Waals surface area contributed by atoms with Crippen molar-refractivity contribution in [2.24, 2.45) is 23.2 Å². The highest BCUT2D eigenvalue weighted by Crippen LogP contribution is 2.62. The Bertz CT molecular complexity index is 953. The lowest BCUT2D eigenvalue weighted by Crippen LogP contribution is -2.62. The molecule has 29 heavy (non-hydrogen) atoms. The summed E-state index contributed by atoms with van der Waals surface area (Å²) < 4.78 is 0. The quantitative estimate of drug-likeness (QED) is 0.621. The molecule has 1 atom stereocenters. The molecule has 4 aliphatic carbocycles. The maximum Gasteiger partial charge on any atom is 0.262 e. The number of fused-ring (bicyclic) bond motifs is 2. The molecule has 1 aliphatic heterocycles. The molecular weight excluding hydrogens is 366 g/mol. The average Bonchev–Trinajstić information content (AvgIpc) is 2.90. The molecule has 0 aromatic heterocycles. The van der Waals surface area contributed by atoms with E-state index in [2.05, 4.69) is 0 Å². The predicted molar refractivity (Wildman–Crippen MR) is 107 cm³/mol. The molecule has 1 unspecified atom stereocenters. The van der Waals surface area contributed by atoms with Gasteiger partial charge in [-0.25, -0.2) is 0 Å². The van der Waals surface area contributed by atoms with Crippen LogP contribution in [0.2, 0.25) is 0 Å². The van der Waals surface area contributed by atoms with Crippen LogP contribution < -0.4 is 0 Å². The van der Waals surface area contributed by atoms with Gasteiger partial charge in [0.15, 0.2) is 6.29 Å². The van der Waals surface area contributed by atoms with Gasteiger partial charge in [-0.1, -0.05) is 24.3 Å². The van der Waals surface area contributed by atoms with Gasteiger partial charge in [-0.15, -0.1) is 0 Å². The van der Waals surface area contributed by atoms with Crippen molar-refractivity contribution >= 4 is 22.6 Å². The Morgan fingerprint density at radius 2 is 1.28 bits per heavy atom. The molecule has 0 radical (unpaired) electrons. The molecule has 5 aliphatic rings. The highest BCUT2D eigenvalue weighted by Gasteiger charge is 2.59. The largest absolute Gasteiger partial charge is 0.366 e. The van der Waals surface area contributed by atoms with Crippen molar-refractivity contribution in [3.8, 4) is 0 Å². The van der Waals surface area contributed by atoms with E-state index in [-0.39, 0.29) is 17.2 Å². The summed E-state index contributed by atoms with van der Waals surface area (Å²) in [7, 11) is 0.